The molecule has 0 saturated heterocycles. The van der Waals surface area contributed by atoms with Gasteiger partial charge >= 0.3 is 0 Å². The van der Waals surface area contributed by atoms with Crippen LogP contribution in [0.1, 0.15) is 46.2 Å². The number of hydrogen-bond acceptors (Lipinski definition) is 2. The summed E-state index contributed by atoms with van der Waals surface area (Å²) < 4.78 is 0. The Kier molecular flexibility index (Phi) is 4.21. The Hall–Kier alpha value is -1.02. The molecule has 0 aromatic heterocycles. The van der Waals surface area contributed by atoms with Crippen LogP contribution in [0.3, 0.4) is 0 Å². The van der Waals surface area contributed by atoms with Crippen LogP contribution in [0.5, 0.6) is 0 Å². The van der Waals surface area contributed by atoms with E-state index < -0.39 is 0 Å². The number of nitrogens with two attached hydrogens (primary N) is 1. The van der Waals surface area contributed by atoms with Crippen LogP contribution in [-0.4, -0.2) is 18.0 Å². The van der Waals surface area contributed by atoms with Crippen molar-refractivity contribution >= 4 is 5.69 Å². The van der Waals surface area contributed by atoms with Crippen molar-refractivity contribution < 1.29 is 0 Å². The maximum atomic E-state index is 5.84. The van der Waals surface area contributed by atoms with Gasteiger partial charge in [0.05, 0.1) is 0 Å². The molecular formula is C15H26N2. The van der Waals surface area contributed by atoms with Gasteiger partial charge in [-0.05, 0) is 44.0 Å². The van der Waals surface area contributed by atoms with Crippen LogP contribution in [0.15, 0.2) is 24.3 Å². The van der Waals surface area contributed by atoms with Crippen LogP contribution < -0.4 is 5.73 Å². The molecule has 0 aliphatic rings. The van der Waals surface area contributed by atoms with Gasteiger partial charge < -0.3 is 5.73 Å². The van der Waals surface area contributed by atoms with Crippen molar-refractivity contribution in [1.29, 1.82) is 0 Å². The third kappa shape index (κ3) is 3.47. The molecule has 0 amide bonds. The van der Waals surface area contributed by atoms with E-state index >= 15 is 0 Å². The molecule has 96 valence electrons. The van der Waals surface area contributed by atoms with E-state index in [1.165, 1.54) is 5.56 Å². The van der Waals surface area contributed by atoms with Gasteiger partial charge in [-0.15, -0.1) is 0 Å². The van der Waals surface area contributed by atoms with Crippen molar-refractivity contribution in [2.75, 3.05) is 12.8 Å². The van der Waals surface area contributed by atoms with Crippen molar-refractivity contribution in [2.45, 2.75) is 46.7 Å². The van der Waals surface area contributed by atoms with E-state index in [-0.39, 0.29) is 5.41 Å². The summed E-state index contributed by atoms with van der Waals surface area (Å²) in [6.45, 7) is 11.3. The Balaban J connectivity index is 2.86. The van der Waals surface area contributed by atoms with Crippen molar-refractivity contribution in [2.24, 2.45) is 5.41 Å². The van der Waals surface area contributed by atoms with E-state index in [1.54, 1.807) is 0 Å². The topological polar surface area (TPSA) is 29.3 Å². The van der Waals surface area contributed by atoms with Gasteiger partial charge in [-0.25, -0.2) is 0 Å². The Morgan fingerprint density at radius 1 is 1.18 bits per heavy atom. The molecule has 0 aliphatic carbocycles. The summed E-state index contributed by atoms with van der Waals surface area (Å²) in [6, 6.07) is 9.07. The fourth-order valence-electron chi connectivity index (χ4n) is 2.00. The SMILES string of the molecule is CC(c1cccc(N)c1)N(C)C(C)C(C)(C)C. The van der Waals surface area contributed by atoms with Gasteiger partial charge in [0.2, 0.25) is 0 Å². The highest BCUT2D eigenvalue weighted by Gasteiger charge is 2.27. The normalized spacial score (nSPS) is 15.9. The van der Waals surface area contributed by atoms with Gasteiger partial charge in [0.15, 0.2) is 0 Å². The maximum Gasteiger partial charge on any atom is 0.0320 e. The van der Waals surface area contributed by atoms with Crippen molar-refractivity contribution in [3.63, 3.8) is 0 Å². The predicted octanol–water partition coefficient (Wildman–Crippen LogP) is 3.70. The van der Waals surface area contributed by atoms with E-state index in [9.17, 15) is 0 Å². The van der Waals surface area contributed by atoms with Crippen molar-refractivity contribution in [3.8, 4) is 0 Å². The Bertz CT molecular complexity index is 365. The zero-order valence-corrected chi connectivity index (χ0v) is 12.0. The van der Waals surface area contributed by atoms with Gasteiger partial charge in [-0.3, -0.25) is 4.90 Å². The molecule has 2 heteroatoms. The lowest BCUT2D eigenvalue weighted by molar-refractivity contribution is 0.105. The third-order valence-corrected chi connectivity index (χ3v) is 3.87. The van der Waals surface area contributed by atoms with Crippen LogP contribution in [0.25, 0.3) is 0 Å². The molecule has 2 nitrogen and oxygen atoms in total. The molecule has 0 fully saturated rings. The number of anilines is 1. The van der Waals surface area contributed by atoms with Gasteiger partial charge in [-0.2, -0.15) is 0 Å². The summed E-state index contributed by atoms with van der Waals surface area (Å²) in [6.07, 6.45) is 0. The second-order valence-corrected chi connectivity index (χ2v) is 6.05. The van der Waals surface area contributed by atoms with Crippen molar-refractivity contribution in [1.82, 2.24) is 4.90 Å². The van der Waals surface area contributed by atoms with E-state index in [1.807, 2.05) is 12.1 Å². The lowest BCUT2D eigenvalue weighted by Gasteiger charge is -2.39. The molecule has 0 spiro atoms. The fraction of sp³-hybridized carbons (Fsp3) is 0.600. The summed E-state index contributed by atoms with van der Waals surface area (Å²) in [5, 5.41) is 0. The zero-order valence-electron chi connectivity index (χ0n) is 12.0. The summed E-state index contributed by atoms with van der Waals surface area (Å²) in [4.78, 5) is 2.41. The molecule has 0 radical (unpaired) electrons. The first-order valence-electron chi connectivity index (χ1n) is 6.31. The molecule has 2 unspecified atom stereocenters. The highest BCUT2D eigenvalue weighted by molar-refractivity contribution is 5.41. The number of nitrogens with zero attached hydrogens (tertiary/aromatic N) is 1. The quantitative estimate of drug-likeness (QED) is 0.808. The maximum absolute atomic E-state index is 5.84. The summed E-state index contributed by atoms with van der Waals surface area (Å²) >= 11 is 0. The number of rotatable bonds is 3. The molecule has 1 aromatic rings. The molecule has 0 aliphatic heterocycles. The lowest BCUT2D eigenvalue weighted by atomic mass is 9.86. The molecule has 2 N–H and O–H groups in total. The minimum absolute atomic E-state index is 0.281. The Morgan fingerprint density at radius 3 is 2.24 bits per heavy atom. The first-order chi connectivity index (χ1) is 7.73. The number of hydrogen-bond donors (Lipinski definition) is 1. The molecule has 17 heavy (non-hydrogen) atoms. The van der Waals surface area contributed by atoms with Crippen LogP contribution in [0.4, 0.5) is 5.69 Å². The molecule has 0 heterocycles. The fourth-order valence-corrected chi connectivity index (χ4v) is 2.00. The second-order valence-electron chi connectivity index (χ2n) is 6.05. The van der Waals surface area contributed by atoms with E-state index in [0.29, 0.717) is 12.1 Å². The smallest absolute Gasteiger partial charge is 0.0320 e. The van der Waals surface area contributed by atoms with Crippen LogP contribution in [0, 0.1) is 5.41 Å². The largest absolute Gasteiger partial charge is 0.399 e. The third-order valence-electron chi connectivity index (χ3n) is 3.87. The molecule has 1 aromatic carbocycles. The predicted molar refractivity (Wildman–Crippen MR) is 75.9 cm³/mol. The average molecular weight is 234 g/mol. The first-order valence-corrected chi connectivity index (χ1v) is 6.31. The molecular weight excluding hydrogens is 208 g/mol. The van der Waals surface area contributed by atoms with Crippen molar-refractivity contribution in [3.05, 3.63) is 29.8 Å². The first kappa shape index (κ1) is 14.0. The van der Waals surface area contributed by atoms with E-state index in [4.69, 9.17) is 5.73 Å². The standard InChI is InChI=1S/C15H26N2/c1-11(13-8-7-9-14(16)10-13)17(6)12(2)15(3,4)5/h7-12H,16H2,1-6H3. The molecule has 0 bridgehead atoms. The van der Waals surface area contributed by atoms with E-state index in [0.717, 1.165) is 5.69 Å². The molecule has 1 rings (SSSR count). The molecule has 0 saturated carbocycles. The van der Waals surface area contributed by atoms with Crippen LogP contribution >= 0.6 is 0 Å². The van der Waals surface area contributed by atoms with Gasteiger partial charge in [0.25, 0.3) is 0 Å². The number of benzene rings is 1. The van der Waals surface area contributed by atoms with Crippen LogP contribution in [0.2, 0.25) is 0 Å². The van der Waals surface area contributed by atoms with Gasteiger partial charge in [-0.1, -0.05) is 32.9 Å². The second kappa shape index (κ2) is 5.09. The Morgan fingerprint density at radius 2 is 1.76 bits per heavy atom. The summed E-state index contributed by atoms with van der Waals surface area (Å²) in [7, 11) is 2.18. The monoisotopic (exact) mass is 234 g/mol. The summed E-state index contributed by atoms with van der Waals surface area (Å²) in [5.74, 6) is 0. The summed E-state index contributed by atoms with van der Waals surface area (Å²) in [5.41, 5.74) is 8.24. The zero-order chi connectivity index (χ0) is 13.2. The Labute approximate surface area is 106 Å². The van der Waals surface area contributed by atoms with Crippen LogP contribution in [-0.2, 0) is 0 Å². The van der Waals surface area contributed by atoms with E-state index in [2.05, 4.69) is 58.7 Å². The molecule has 2 atom stereocenters. The highest BCUT2D eigenvalue weighted by atomic mass is 15.2. The minimum atomic E-state index is 0.281. The minimum Gasteiger partial charge on any atom is -0.399 e. The van der Waals surface area contributed by atoms with Gasteiger partial charge in [0, 0.05) is 17.8 Å². The highest BCUT2D eigenvalue weighted by Crippen LogP contribution is 2.30. The number of nitrogen functional groups attached to an aromatic ring is 1. The van der Waals surface area contributed by atoms with Gasteiger partial charge in [0.1, 0.15) is 0 Å². The lowest BCUT2D eigenvalue weighted by Crippen LogP contribution is -2.40. The average Bonchev–Trinajstić information content (AvgIpc) is 2.25.